The number of aromatic nitrogens is 1. The molecular weight excluding hydrogens is 260 g/mol. The molecule has 0 atom stereocenters. The molecule has 0 aliphatic heterocycles. The van der Waals surface area contributed by atoms with Crippen LogP contribution >= 0.6 is 0 Å². The van der Waals surface area contributed by atoms with Crippen molar-refractivity contribution in [2.24, 2.45) is 0 Å². The highest BCUT2D eigenvalue weighted by atomic mass is 16.1. The van der Waals surface area contributed by atoms with Crippen molar-refractivity contribution in [2.75, 3.05) is 11.9 Å². The molecule has 2 aromatic rings. The number of nitrogens with zero attached hydrogens (tertiary/aromatic N) is 1. The Morgan fingerprint density at radius 2 is 2.05 bits per heavy atom. The summed E-state index contributed by atoms with van der Waals surface area (Å²) >= 11 is 0. The van der Waals surface area contributed by atoms with Crippen LogP contribution in [0, 0.1) is 0 Å². The first kappa shape index (κ1) is 15.2. The Morgan fingerprint density at radius 3 is 2.81 bits per heavy atom. The first-order chi connectivity index (χ1) is 10.3. The van der Waals surface area contributed by atoms with E-state index >= 15 is 0 Å². The minimum Gasteiger partial charge on any atom is -0.369 e. The van der Waals surface area contributed by atoms with E-state index in [0.717, 1.165) is 31.4 Å². The Balaban J connectivity index is 2.25. The number of carbonyl (C=O) groups excluding carboxylic acids is 1. The van der Waals surface area contributed by atoms with Gasteiger partial charge in [-0.3, -0.25) is 4.79 Å². The molecule has 1 aromatic carbocycles. The summed E-state index contributed by atoms with van der Waals surface area (Å²) in [6.07, 6.45) is 4.82. The number of rotatable bonds is 7. The highest BCUT2D eigenvalue weighted by Crippen LogP contribution is 2.18. The van der Waals surface area contributed by atoms with Crippen molar-refractivity contribution in [3.05, 3.63) is 59.3 Å². The third-order valence-corrected chi connectivity index (χ3v) is 3.47. The fourth-order valence-corrected chi connectivity index (χ4v) is 2.20. The summed E-state index contributed by atoms with van der Waals surface area (Å²) in [5.41, 5.74) is 2.54. The second kappa shape index (κ2) is 7.58. The second-order valence-electron chi connectivity index (χ2n) is 5.06. The van der Waals surface area contributed by atoms with Crippen LogP contribution in [0.5, 0.6) is 0 Å². The van der Waals surface area contributed by atoms with Crippen LogP contribution in [-0.4, -0.2) is 17.3 Å². The quantitative estimate of drug-likeness (QED) is 0.614. The number of hydrogen-bond donors (Lipinski definition) is 1. The number of ketones is 1. The summed E-state index contributed by atoms with van der Waals surface area (Å²) in [4.78, 5) is 17.0. The van der Waals surface area contributed by atoms with Gasteiger partial charge < -0.3 is 5.32 Å². The van der Waals surface area contributed by atoms with E-state index in [1.807, 2.05) is 36.4 Å². The Morgan fingerprint density at radius 1 is 1.19 bits per heavy atom. The molecule has 1 heterocycles. The zero-order valence-corrected chi connectivity index (χ0v) is 12.7. The van der Waals surface area contributed by atoms with Gasteiger partial charge in [0.2, 0.25) is 0 Å². The van der Waals surface area contributed by atoms with E-state index in [-0.39, 0.29) is 5.78 Å². The second-order valence-corrected chi connectivity index (χ2v) is 5.06. The van der Waals surface area contributed by atoms with Gasteiger partial charge in [-0.1, -0.05) is 38.5 Å². The lowest BCUT2D eigenvalue weighted by Crippen LogP contribution is -2.10. The van der Waals surface area contributed by atoms with Gasteiger partial charge in [0.1, 0.15) is 5.82 Å². The van der Waals surface area contributed by atoms with Gasteiger partial charge in [0.15, 0.2) is 5.78 Å². The molecule has 0 unspecified atom stereocenters. The number of unbranched alkanes of at least 4 members (excludes halogenated alkanes) is 1. The van der Waals surface area contributed by atoms with Gasteiger partial charge in [-0.15, -0.1) is 0 Å². The summed E-state index contributed by atoms with van der Waals surface area (Å²) in [7, 11) is 0. The van der Waals surface area contributed by atoms with Gasteiger partial charge in [-0.05, 0) is 36.6 Å². The predicted octanol–water partition coefficient (Wildman–Crippen LogP) is 4.09. The Hall–Kier alpha value is -2.16. The third-order valence-electron chi connectivity index (χ3n) is 3.47. The molecule has 110 valence electrons. The Labute approximate surface area is 126 Å². The maximum absolute atomic E-state index is 12.7. The van der Waals surface area contributed by atoms with E-state index in [9.17, 15) is 4.79 Å². The summed E-state index contributed by atoms with van der Waals surface area (Å²) in [5.74, 6) is 0.704. The van der Waals surface area contributed by atoms with Crippen molar-refractivity contribution in [1.29, 1.82) is 0 Å². The van der Waals surface area contributed by atoms with Crippen LogP contribution in [0.25, 0.3) is 0 Å². The van der Waals surface area contributed by atoms with Crippen LogP contribution in [0.3, 0.4) is 0 Å². The highest BCUT2D eigenvalue weighted by Gasteiger charge is 2.14. The van der Waals surface area contributed by atoms with Gasteiger partial charge in [0.25, 0.3) is 0 Å². The van der Waals surface area contributed by atoms with Crippen LogP contribution < -0.4 is 5.32 Å². The fraction of sp³-hybridized carbons (Fsp3) is 0.333. The lowest BCUT2D eigenvalue weighted by Gasteiger charge is -2.10. The molecule has 1 N–H and O–H groups in total. The predicted molar refractivity (Wildman–Crippen MR) is 86.9 cm³/mol. The van der Waals surface area contributed by atoms with Gasteiger partial charge in [0.05, 0.1) is 5.56 Å². The minimum absolute atomic E-state index is 0.0254. The molecule has 0 saturated carbocycles. The topological polar surface area (TPSA) is 42.0 Å². The zero-order valence-electron chi connectivity index (χ0n) is 12.7. The monoisotopic (exact) mass is 282 g/mol. The van der Waals surface area contributed by atoms with E-state index in [1.165, 1.54) is 5.56 Å². The van der Waals surface area contributed by atoms with Crippen LogP contribution in [-0.2, 0) is 6.42 Å². The first-order valence-electron chi connectivity index (χ1n) is 7.58. The maximum Gasteiger partial charge on any atom is 0.196 e. The smallest absolute Gasteiger partial charge is 0.196 e. The molecule has 2 rings (SSSR count). The zero-order chi connectivity index (χ0) is 15.1. The summed E-state index contributed by atoms with van der Waals surface area (Å²) in [6.45, 7) is 5.07. The Bertz CT molecular complexity index is 608. The first-order valence-corrected chi connectivity index (χ1v) is 7.58. The average molecular weight is 282 g/mol. The number of hydrogen-bond acceptors (Lipinski definition) is 3. The van der Waals surface area contributed by atoms with E-state index in [2.05, 4.69) is 24.1 Å². The van der Waals surface area contributed by atoms with Crippen LogP contribution in [0.15, 0.2) is 42.6 Å². The van der Waals surface area contributed by atoms with Crippen molar-refractivity contribution < 1.29 is 4.79 Å². The van der Waals surface area contributed by atoms with Crippen molar-refractivity contribution in [2.45, 2.75) is 33.1 Å². The normalized spacial score (nSPS) is 10.4. The number of anilines is 1. The number of pyridine rings is 1. The molecule has 0 aliphatic rings. The van der Waals surface area contributed by atoms with Gasteiger partial charge >= 0.3 is 0 Å². The van der Waals surface area contributed by atoms with Crippen molar-refractivity contribution in [3.63, 3.8) is 0 Å². The summed E-state index contributed by atoms with van der Waals surface area (Å²) in [6, 6.07) is 11.5. The largest absolute Gasteiger partial charge is 0.369 e. The Kier molecular flexibility index (Phi) is 5.50. The highest BCUT2D eigenvalue weighted by molar-refractivity contribution is 6.11. The van der Waals surface area contributed by atoms with Crippen LogP contribution in [0.1, 0.15) is 48.2 Å². The standard InChI is InChI=1S/C18H22N2O/c1-3-5-11-19-18-16(10-7-12-20-18)17(21)15-9-6-8-14(4-2)13-15/h6-10,12-13H,3-5,11H2,1-2H3,(H,19,20). The molecule has 0 fully saturated rings. The molecule has 0 aliphatic carbocycles. The fourth-order valence-electron chi connectivity index (χ4n) is 2.20. The molecule has 0 amide bonds. The summed E-state index contributed by atoms with van der Waals surface area (Å²) < 4.78 is 0. The molecule has 0 spiro atoms. The summed E-state index contributed by atoms with van der Waals surface area (Å²) in [5, 5.41) is 3.26. The van der Waals surface area contributed by atoms with Gasteiger partial charge in [-0.2, -0.15) is 0 Å². The molecule has 3 heteroatoms. The molecule has 3 nitrogen and oxygen atoms in total. The van der Waals surface area contributed by atoms with Gasteiger partial charge in [-0.25, -0.2) is 4.98 Å². The third kappa shape index (κ3) is 3.91. The number of aryl methyl sites for hydroxylation is 1. The van der Waals surface area contributed by atoms with E-state index in [4.69, 9.17) is 0 Å². The number of nitrogens with one attached hydrogen (secondary N) is 1. The van der Waals surface area contributed by atoms with Crippen LogP contribution in [0.4, 0.5) is 5.82 Å². The van der Waals surface area contributed by atoms with Crippen LogP contribution in [0.2, 0.25) is 0 Å². The van der Waals surface area contributed by atoms with Crippen molar-refractivity contribution in [1.82, 2.24) is 4.98 Å². The van der Waals surface area contributed by atoms with E-state index in [0.29, 0.717) is 11.4 Å². The molecule has 21 heavy (non-hydrogen) atoms. The van der Waals surface area contributed by atoms with Crippen molar-refractivity contribution >= 4 is 11.6 Å². The lowest BCUT2D eigenvalue weighted by molar-refractivity contribution is 0.103. The average Bonchev–Trinajstić information content (AvgIpc) is 2.55. The molecule has 0 saturated heterocycles. The van der Waals surface area contributed by atoms with Gasteiger partial charge in [0, 0.05) is 18.3 Å². The minimum atomic E-state index is 0.0254. The lowest BCUT2D eigenvalue weighted by atomic mass is 10.0. The number of carbonyl (C=O) groups is 1. The molecule has 0 radical (unpaired) electrons. The SMILES string of the molecule is CCCCNc1ncccc1C(=O)c1cccc(CC)c1. The molecular formula is C18H22N2O. The van der Waals surface area contributed by atoms with Crippen molar-refractivity contribution in [3.8, 4) is 0 Å². The number of benzene rings is 1. The van der Waals surface area contributed by atoms with E-state index in [1.54, 1.807) is 6.20 Å². The maximum atomic E-state index is 12.7. The van der Waals surface area contributed by atoms with E-state index < -0.39 is 0 Å². The molecule has 1 aromatic heterocycles. The molecule has 0 bridgehead atoms.